The van der Waals surface area contributed by atoms with Crippen molar-refractivity contribution in [1.29, 1.82) is 0 Å². The van der Waals surface area contributed by atoms with Crippen LogP contribution in [0.25, 0.3) is 0 Å². The van der Waals surface area contributed by atoms with Crippen LogP contribution in [0.1, 0.15) is 51.4 Å². The van der Waals surface area contributed by atoms with Gasteiger partial charge in [-0.3, -0.25) is 9.59 Å². The van der Waals surface area contributed by atoms with Crippen LogP contribution in [0.2, 0.25) is 0 Å². The molecule has 1 saturated carbocycles. The van der Waals surface area contributed by atoms with E-state index in [1.54, 1.807) is 4.90 Å². The Bertz CT molecular complexity index is 334. The number of nitrogens with zero attached hydrogens (tertiary/aromatic N) is 1. The van der Waals surface area contributed by atoms with Crippen LogP contribution in [0, 0.1) is 5.92 Å². The fraction of sp³-hybridized carbons (Fsp3) is 0.867. The minimum Gasteiger partial charge on any atom is -0.368 e. The summed E-state index contributed by atoms with van der Waals surface area (Å²) in [6, 6.07) is 0.236. The van der Waals surface area contributed by atoms with Gasteiger partial charge in [0.05, 0.1) is 6.54 Å². The summed E-state index contributed by atoms with van der Waals surface area (Å²) in [5.41, 5.74) is 5.29. The van der Waals surface area contributed by atoms with Crippen molar-refractivity contribution in [1.82, 2.24) is 10.2 Å². The number of nitrogens with two attached hydrogens (primary N) is 1. The molecule has 5 heteroatoms. The number of hydrogen-bond donors (Lipinski definition) is 2. The lowest BCUT2D eigenvalue weighted by molar-refractivity contribution is -0.137. The molecule has 0 spiro atoms. The summed E-state index contributed by atoms with van der Waals surface area (Å²) < 4.78 is 0. The number of carbonyl (C=O) groups is 2. The number of amides is 2. The first-order chi connectivity index (χ1) is 9.66. The number of rotatable bonds is 6. The van der Waals surface area contributed by atoms with Gasteiger partial charge in [0.15, 0.2) is 0 Å². The zero-order chi connectivity index (χ0) is 14.4. The molecule has 1 aliphatic carbocycles. The van der Waals surface area contributed by atoms with Gasteiger partial charge in [0, 0.05) is 12.5 Å². The topological polar surface area (TPSA) is 75.4 Å². The third kappa shape index (κ3) is 4.47. The molecule has 2 fully saturated rings. The summed E-state index contributed by atoms with van der Waals surface area (Å²) >= 11 is 0. The Kier molecular flexibility index (Phi) is 5.83. The molecule has 0 aromatic heterocycles. The molecule has 20 heavy (non-hydrogen) atoms. The highest BCUT2D eigenvalue weighted by Gasteiger charge is 2.28. The second-order valence-electron chi connectivity index (χ2n) is 6.18. The molecule has 114 valence electrons. The number of primary amides is 1. The Morgan fingerprint density at radius 1 is 1.15 bits per heavy atom. The van der Waals surface area contributed by atoms with E-state index in [0.29, 0.717) is 12.3 Å². The molecular formula is C15H27N3O2. The van der Waals surface area contributed by atoms with Crippen LogP contribution in [-0.2, 0) is 9.59 Å². The first-order valence-electron chi connectivity index (χ1n) is 7.95. The molecule has 0 bridgehead atoms. The van der Waals surface area contributed by atoms with E-state index in [-0.39, 0.29) is 18.5 Å². The number of carbonyl (C=O) groups excluding carboxylic acids is 2. The van der Waals surface area contributed by atoms with E-state index in [1.807, 2.05) is 0 Å². The number of hydrogen-bond acceptors (Lipinski definition) is 3. The predicted octanol–water partition coefficient (Wildman–Crippen LogP) is 1.02. The molecule has 2 aliphatic rings. The van der Waals surface area contributed by atoms with E-state index in [0.717, 1.165) is 45.2 Å². The van der Waals surface area contributed by atoms with E-state index in [4.69, 9.17) is 5.73 Å². The number of nitrogens with one attached hydrogen (secondary N) is 1. The van der Waals surface area contributed by atoms with Crippen LogP contribution in [0.5, 0.6) is 0 Å². The number of piperidine rings is 1. The largest absolute Gasteiger partial charge is 0.368 e. The molecule has 2 rings (SSSR count). The average Bonchev–Trinajstić information content (AvgIpc) is 2.97. The van der Waals surface area contributed by atoms with Crippen molar-refractivity contribution < 1.29 is 9.59 Å². The van der Waals surface area contributed by atoms with Crippen molar-refractivity contribution in [3.8, 4) is 0 Å². The minimum atomic E-state index is -0.399. The van der Waals surface area contributed by atoms with Gasteiger partial charge in [-0.15, -0.1) is 0 Å². The van der Waals surface area contributed by atoms with Crippen LogP contribution >= 0.6 is 0 Å². The van der Waals surface area contributed by atoms with Crippen LogP contribution in [0.4, 0.5) is 0 Å². The third-order valence-corrected chi connectivity index (χ3v) is 4.58. The second-order valence-corrected chi connectivity index (χ2v) is 6.18. The quantitative estimate of drug-likeness (QED) is 0.763. The van der Waals surface area contributed by atoms with E-state index in [2.05, 4.69) is 5.32 Å². The Morgan fingerprint density at radius 3 is 2.50 bits per heavy atom. The van der Waals surface area contributed by atoms with Crippen LogP contribution < -0.4 is 11.1 Å². The van der Waals surface area contributed by atoms with Gasteiger partial charge in [0.2, 0.25) is 11.8 Å². The highest BCUT2D eigenvalue weighted by Crippen LogP contribution is 2.25. The van der Waals surface area contributed by atoms with E-state index in [1.165, 1.54) is 12.8 Å². The SMILES string of the molecule is NC(=O)CN(C(=O)CCC1CCCNC1)C1CCCC1. The summed E-state index contributed by atoms with van der Waals surface area (Å²) in [5, 5.41) is 3.38. The highest BCUT2D eigenvalue weighted by atomic mass is 16.2. The molecule has 0 radical (unpaired) electrons. The molecular weight excluding hydrogens is 254 g/mol. The monoisotopic (exact) mass is 281 g/mol. The standard InChI is InChI=1S/C15H27N3O2/c16-14(19)11-18(13-5-1-2-6-13)15(20)8-7-12-4-3-9-17-10-12/h12-13,17H,1-11H2,(H2,16,19). The summed E-state index contributed by atoms with van der Waals surface area (Å²) in [6.45, 7) is 2.21. The fourth-order valence-corrected chi connectivity index (χ4v) is 3.45. The van der Waals surface area contributed by atoms with Crippen LogP contribution in [-0.4, -0.2) is 42.4 Å². The molecule has 5 nitrogen and oxygen atoms in total. The zero-order valence-electron chi connectivity index (χ0n) is 12.3. The fourth-order valence-electron chi connectivity index (χ4n) is 3.45. The average molecular weight is 281 g/mol. The van der Waals surface area contributed by atoms with Gasteiger partial charge >= 0.3 is 0 Å². The second kappa shape index (κ2) is 7.62. The van der Waals surface area contributed by atoms with Crippen molar-refractivity contribution in [2.45, 2.75) is 57.4 Å². The van der Waals surface area contributed by atoms with Gasteiger partial charge in [-0.05, 0) is 51.1 Å². The Morgan fingerprint density at radius 2 is 1.90 bits per heavy atom. The lowest BCUT2D eigenvalue weighted by atomic mass is 9.94. The summed E-state index contributed by atoms with van der Waals surface area (Å²) in [7, 11) is 0. The molecule has 0 aromatic rings. The highest BCUT2D eigenvalue weighted by molar-refractivity contribution is 5.84. The maximum atomic E-state index is 12.4. The predicted molar refractivity (Wildman–Crippen MR) is 78.0 cm³/mol. The molecule has 2 amide bonds. The lowest BCUT2D eigenvalue weighted by Crippen LogP contribution is -2.44. The van der Waals surface area contributed by atoms with Crippen molar-refractivity contribution in [2.24, 2.45) is 11.7 Å². The van der Waals surface area contributed by atoms with E-state index < -0.39 is 5.91 Å². The maximum absolute atomic E-state index is 12.4. The Labute approximate surface area is 121 Å². The molecule has 1 atom stereocenters. The smallest absolute Gasteiger partial charge is 0.237 e. The first-order valence-corrected chi connectivity index (χ1v) is 7.95. The van der Waals surface area contributed by atoms with Gasteiger partial charge in [0.25, 0.3) is 0 Å². The van der Waals surface area contributed by atoms with Crippen LogP contribution in [0.3, 0.4) is 0 Å². The summed E-state index contributed by atoms with van der Waals surface area (Å²) in [5.74, 6) is 0.317. The Balaban J connectivity index is 1.83. The van der Waals surface area contributed by atoms with Crippen LogP contribution in [0.15, 0.2) is 0 Å². The Hall–Kier alpha value is -1.10. The minimum absolute atomic E-state index is 0.0897. The molecule has 1 saturated heterocycles. The summed E-state index contributed by atoms with van der Waals surface area (Å²) in [4.78, 5) is 25.3. The van der Waals surface area contributed by atoms with E-state index >= 15 is 0 Å². The normalized spacial score (nSPS) is 23.7. The van der Waals surface area contributed by atoms with Gasteiger partial charge < -0.3 is 16.0 Å². The van der Waals surface area contributed by atoms with Gasteiger partial charge in [0.1, 0.15) is 0 Å². The molecule has 1 heterocycles. The molecule has 3 N–H and O–H groups in total. The van der Waals surface area contributed by atoms with E-state index in [9.17, 15) is 9.59 Å². The van der Waals surface area contributed by atoms with Crippen molar-refractivity contribution in [2.75, 3.05) is 19.6 Å². The van der Waals surface area contributed by atoms with Gasteiger partial charge in [-0.25, -0.2) is 0 Å². The lowest BCUT2D eigenvalue weighted by Gasteiger charge is -2.29. The maximum Gasteiger partial charge on any atom is 0.237 e. The summed E-state index contributed by atoms with van der Waals surface area (Å²) in [6.07, 6.45) is 8.23. The van der Waals surface area contributed by atoms with Crippen molar-refractivity contribution in [3.63, 3.8) is 0 Å². The van der Waals surface area contributed by atoms with Crippen molar-refractivity contribution >= 4 is 11.8 Å². The molecule has 1 aliphatic heterocycles. The molecule has 1 unspecified atom stereocenters. The molecule has 0 aromatic carbocycles. The third-order valence-electron chi connectivity index (χ3n) is 4.58. The van der Waals surface area contributed by atoms with Gasteiger partial charge in [-0.2, -0.15) is 0 Å². The first kappa shape index (κ1) is 15.3. The zero-order valence-corrected chi connectivity index (χ0v) is 12.3. The van der Waals surface area contributed by atoms with Gasteiger partial charge in [-0.1, -0.05) is 12.8 Å². The van der Waals surface area contributed by atoms with Crippen molar-refractivity contribution in [3.05, 3.63) is 0 Å².